The number of aromatic carboxylic acids is 1. The lowest BCUT2D eigenvalue weighted by Gasteiger charge is -2.37. The average Bonchev–Trinajstić information content (AvgIpc) is 2.79. The van der Waals surface area contributed by atoms with Crippen LogP contribution in [0.25, 0.3) is 0 Å². The molecule has 2 N–H and O–H groups in total. The van der Waals surface area contributed by atoms with E-state index in [9.17, 15) is 9.90 Å². The van der Waals surface area contributed by atoms with Crippen LogP contribution in [0, 0.1) is 6.92 Å². The number of aromatic nitrogens is 1. The fraction of sp³-hybridized carbons (Fsp3) is 0.444. The number of carboxylic acid groups (broad SMARTS) is 1. The Balaban J connectivity index is 2.23. The van der Waals surface area contributed by atoms with Gasteiger partial charge in [0.1, 0.15) is 0 Å². The second kappa shape index (κ2) is 6.32. The summed E-state index contributed by atoms with van der Waals surface area (Å²) in [5, 5.41) is 12.7. The monoisotopic (exact) mass is 332 g/mol. The molecule has 0 spiro atoms. The molecule has 124 valence electrons. The summed E-state index contributed by atoms with van der Waals surface area (Å²) in [6.45, 7) is 10.5. The minimum atomic E-state index is -0.991. The van der Waals surface area contributed by atoms with Gasteiger partial charge in [-0.1, -0.05) is 44.2 Å². The van der Waals surface area contributed by atoms with Crippen molar-refractivity contribution in [3.63, 3.8) is 0 Å². The van der Waals surface area contributed by atoms with E-state index in [4.69, 9.17) is 0 Å². The number of nitrogens with zero attached hydrogens (tertiary/aromatic N) is 1. The van der Waals surface area contributed by atoms with Gasteiger partial charge in [-0.3, -0.25) is 0 Å². The van der Waals surface area contributed by atoms with Crippen molar-refractivity contribution in [3.8, 4) is 0 Å². The van der Waals surface area contributed by atoms with Gasteiger partial charge in [0.25, 0.3) is 0 Å². The van der Waals surface area contributed by atoms with Crippen LogP contribution in [0.2, 0.25) is 0 Å². The molecule has 0 bridgehead atoms. The topological polar surface area (TPSA) is 62.2 Å². The zero-order chi connectivity index (χ0) is 17.3. The van der Waals surface area contributed by atoms with Crippen LogP contribution in [-0.4, -0.2) is 21.0 Å². The van der Waals surface area contributed by atoms with Crippen molar-refractivity contribution in [2.75, 3.05) is 5.32 Å². The molecule has 0 saturated heterocycles. The third-order valence-electron chi connectivity index (χ3n) is 3.97. The summed E-state index contributed by atoms with van der Waals surface area (Å²) >= 11 is 1.22. The summed E-state index contributed by atoms with van der Waals surface area (Å²) < 4.78 is 4.03. The van der Waals surface area contributed by atoms with Crippen LogP contribution in [0.15, 0.2) is 30.3 Å². The molecule has 2 rings (SSSR count). The molecule has 0 atom stereocenters. The highest BCUT2D eigenvalue weighted by Gasteiger charge is 2.32. The van der Waals surface area contributed by atoms with Crippen molar-refractivity contribution in [1.29, 1.82) is 0 Å². The van der Waals surface area contributed by atoms with Gasteiger partial charge in [-0.05, 0) is 49.7 Å². The number of rotatable bonds is 6. The largest absolute Gasteiger partial charge is 0.476 e. The van der Waals surface area contributed by atoms with E-state index in [-0.39, 0.29) is 16.6 Å². The maximum Gasteiger partial charge on any atom is 0.357 e. The predicted octanol–water partition coefficient (Wildman–Crippen LogP) is 4.71. The minimum Gasteiger partial charge on any atom is -0.476 e. The molecule has 0 unspecified atom stereocenters. The van der Waals surface area contributed by atoms with Gasteiger partial charge in [0.15, 0.2) is 5.69 Å². The third kappa shape index (κ3) is 4.10. The van der Waals surface area contributed by atoms with Crippen molar-refractivity contribution < 1.29 is 9.90 Å². The Morgan fingerprint density at radius 3 is 2.39 bits per heavy atom. The smallest absolute Gasteiger partial charge is 0.357 e. The Bertz CT molecular complexity index is 690. The van der Waals surface area contributed by atoms with Gasteiger partial charge < -0.3 is 10.4 Å². The Kier molecular flexibility index (Phi) is 4.80. The molecular formula is C18H24N2O2S. The van der Waals surface area contributed by atoms with Crippen LogP contribution >= 0.6 is 11.5 Å². The molecule has 0 aliphatic rings. The van der Waals surface area contributed by atoms with Crippen molar-refractivity contribution in [2.24, 2.45) is 0 Å². The Morgan fingerprint density at radius 2 is 1.83 bits per heavy atom. The first kappa shape index (κ1) is 17.5. The van der Waals surface area contributed by atoms with Crippen LogP contribution in [0.5, 0.6) is 0 Å². The molecule has 5 heteroatoms. The normalized spacial score (nSPS) is 12.2. The summed E-state index contributed by atoms with van der Waals surface area (Å²) in [5.41, 5.74) is 1.72. The molecule has 23 heavy (non-hydrogen) atoms. The van der Waals surface area contributed by atoms with Gasteiger partial charge in [0.05, 0.1) is 5.69 Å². The lowest BCUT2D eigenvalue weighted by atomic mass is 9.75. The van der Waals surface area contributed by atoms with Crippen molar-refractivity contribution in [1.82, 2.24) is 4.37 Å². The number of hydrogen-bond donors (Lipinski definition) is 2. The van der Waals surface area contributed by atoms with Gasteiger partial charge in [-0.25, -0.2) is 4.79 Å². The molecule has 1 aromatic carbocycles. The molecule has 1 heterocycles. The molecule has 0 radical (unpaired) electrons. The first-order valence-electron chi connectivity index (χ1n) is 7.66. The molecule has 0 aliphatic carbocycles. The van der Waals surface area contributed by atoms with Gasteiger partial charge >= 0.3 is 5.97 Å². The van der Waals surface area contributed by atoms with Crippen LogP contribution in [0.4, 0.5) is 5.69 Å². The number of benzene rings is 1. The quantitative estimate of drug-likeness (QED) is 0.804. The van der Waals surface area contributed by atoms with Crippen LogP contribution < -0.4 is 5.32 Å². The molecule has 0 fully saturated rings. The van der Waals surface area contributed by atoms with Crippen LogP contribution in [0.1, 0.15) is 55.0 Å². The number of aryl methyl sites for hydroxylation is 1. The third-order valence-corrected chi connectivity index (χ3v) is 4.72. The molecule has 2 aromatic rings. The summed E-state index contributed by atoms with van der Waals surface area (Å²) in [6.07, 6.45) is 0.859. The van der Waals surface area contributed by atoms with Gasteiger partial charge in [0, 0.05) is 10.4 Å². The SMILES string of the molecule is Cc1snc(C(=O)O)c1NC(C)(C)CC(C)(C)c1ccccc1. The van der Waals surface area contributed by atoms with E-state index < -0.39 is 5.97 Å². The fourth-order valence-electron chi connectivity index (χ4n) is 3.14. The average molecular weight is 332 g/mol. The van der Waals surface area contributed by atoms with Crippen LogP contribution in [-0.2, 0) is 5.41 Å². The maximum absolute atomic E-state index is 11.3. The molecule has 0 saturated carbocycles. The molecule has 1 aromatic heterocycles. The maximum atomic E-state index is 11.3. The summed E-state index contributed by atoms with van der Waals surface area (Å²) in [4.78, 5) is 12.2. The Hall–Kier alpha value is -1.88. The standard InChI is InChI=1S/C18H24N2O2S/c1-12-14(15(16(21)22)20-23-12)19-18(4,5)11-17(2,3)13-9-7-6-8-10-13/h6-10,19H,11H2,1-5H3,(H,21,22). The van der Waals surface area contributed by atoms with E-state index in [1.807, 2.05) is 25.1 Å². The van der Waals surface area contributed by atoms with E-state index in [2.05, 4.69) is 49.5 Å². The second-order valence-corrected chi connectivity index (χ2v) is 8.18. The number of nitrogens with one attached hydrogen (secondary N) is 1. The van der Waals surface area contributed by atoms with Crippen molar-refractivity contribution >= 4 is 23.2 Å². The highest BCUT2D eigenvalue weighted by molar-refractivity contribution is 7.06. The first-order valence-corrected chi connectivity index (χ1v) is 8.43. The lowest BCUT2D eigenvalue weighted by Crippen LogP contribution is -2.38. The lowest BCUT2D eigenvalue weighted by molar-refractivity contribution is 0.0693. The number of carboxylic acids is 1. The minimum absolute atomic E-state index is 0.0293. The summed E-state index contributed by atoms with van der Waals surface area (Å²) in [7, 11) is 0. The number of hydrogen-bond acceptors (Lipinski definition) is 4. The zero-order valence-corrected chi connectivity index (χ0v) is 15.1. The Labute approximate surface area is 141 Å². The van der Waals surface area contributed by atoms with E-state index in [0.29, 0.717) is 5.69 Å². The van der Waals surface area contributed by atoms with E-state index in [1.165, 1.54) is 17.1 Å². The second-order valence-electron chi connectivity index (χ2n) is 7.20. The van der Waals surface area contributed by atoms with E-state index in [1.54, 1.807) is 0 Å². The first-order chi connectivity index (χ1) is 10.6. The van der Waals surface area contributed by atoms with Crippen molar-refractivity contribution in [3.05, 3.63) is 46.5 Å². The molecule has 0 amide bonds. The molecule has 4 nitrogen and oxygen atoms in total. The predicted molar refractivity (Wildman–Crippen MR) is 95.6 cm³/mol. The fourth-order valence-corrected chi connectivity index (χ4v) is 3.78. The number of anilines is 1. The number of carbonyl (C=O) groups is 1. The van der Waals surface area contributed by atoms with Crippen molar-refractivity contribution in [2.45, 2.75) is 52.0 Å². The summed E-state index contributed by atoms with van der Waals surface area (Å²) in [6, 6.07) is 10.4. The van der Waals surface area contributed by atoms with Gasteiger partial charge in [-0.15, -0.1) is 0 Å². The Morgan fingerprint density at radius 1 is 1.22 bits per heavy atom. The van der Waals surface area contributed by atoms with E-state index in [0.717, 1.165) is 11.3 Å². The molecular weight excluding hydrogens is 308 g/mol. The highest BCUT2D eigenvalue weighted by Crippen LogP contribution is 2.35. The highest BCUT2D eigenvalue weighted by atomic mass is 32.1. The zero-order valence-electron chi connectivity index (χ0n) is 14.3. The van der Waals surface area contributed by atoms with E-state index >= 15 is 0 Å². The summed E-state index contributed by atoms with van der Waals surface area (Å²) in [5.74, 6) is -0.991. The van der Waals surface area contributed by atoms with Gasteiger partial charge in [0.2, 0.25) is 0 Å². The molecule has 0 aliphatic heterocycles. The van der Waals surface area contributed by atoms with Crippen LogP contribution in [0.3, 0.4) is 0 Å². The van der Waals surface area contributed by atoms with Gasteiger partial charge in [-0.2, -0.15) is 4.37 Å².